The van der Waals surface area contributed by atoms with Gasteiger partial charge in [0.05, 0.1) is 43.5 Å². The van der Waals surface area contributed by atoms with Gasteiger partial charge in [0.25, 0.3) is 18.2 Å². The standard InChI is InChI=1S/C61H76N10O22S2.Na/c1-29-27-71-49(50(29)78)57(85)63-26-37(73)23-40(64-53(81)35-10-8-33-21-36(11-9-32(33)20-35)59-69-68-58(94-59)31-12-15-39(16-13-31)90-19-7-5-4-6-18-89-3)54(82)65-46(30(2)72)60(86)70-28-38(74)24-41(70)55(83)67-48(56(84)66-47(61(71)87)43(76)25-45(62)77)52(80)51(79)34-14-17-42(75)44(22-34)91-95-93-92-88;/h8-17,20-22,29-30,37-38,40-41,43,46-52,72-76,78-80,88H,4-7,18-19,23-28H2,1-3H3,(H2,62,77)(H,63,85)(H,64,81)(H,65,82)(H,66,84)(H,67,83);/q;+1/p-1. The van der Waals surface area contributed by atoms with E-state index in [1.807, 2.05) is 30.3 Å². The van der Waals surface area contributed by atoms with Gasteiger partial charge in [0.1, 0.15) is 64.2 Å². The van der Waals surface area contributed by atoms with Crippen LogP contribution in [0.15, 0.2) is 78.9 Å². The van der Waals surface area contributed by atoms with Gasteiger partial charge < -0.3 is 102 Å². The first kappa shape index (κ1) is 76.1. The summed E-state index contributed by atoms with van der Waals surface area (Å²) in [6.45, 7) is 2.00. The maximum absolute atomic E-state index is 14.7. The topological polar surface area (TPSA) is 486 Å². The number of phenols is 1. The number of methoxy groups -OCH3 is 1. The zero-order valence-electron chi connectivity index (χ0n) is 52.5. The number of nitrogens with zero attached hydrogens (tertiary/aromatic N) is 4. The van der Waals surface area contributed by atoms with Crippen molar-refractivity contribution in [3.05, 3.63) is 90.0 Å². The summed E-state index contributed by atoms with van der Waals surface area (Å²) >= 11 is 1.28. The van der Waals surface area contributed by atoms with Crippen molar-refractivity contribution in [3.8, 4) is 38.4 Å². The first-order valence-electron chi connectivity index (χ1n) is 30.3. The van der Waals surface area contributed by atoms with Crippen molar-refractivity contribution in [2.24, 2.45) is 11.7 Å². The molecule has 15 N–H and O–H groups in total. The SMILES string of the molecule is COCCCCCCOc1ccc(-c2nnc(-c3ccc4cc(C(=O)NC5CC(O)CNC(=O)C6C(O)C(C)CN6C(=O)C(C(O)CC(N)=O)NC(=O)C(C(O)C(O)c6ccc(O)c(OSOO[O-])c6)NC(=O)C6CC(O)CN6C(=O)C(C(C)O)NC5=O)ccc4c3)s2)cc1.[Na+]. The summed E-state index contributed by atoms with van der Waals surface area (Å²) in [6.07, 6.45) is -12.2. The fourth-order valence-corrected chi connectivity index (χ4v) is 12.3. The molecule has 0 spiro atoms. The predicted octanol–water partition coefficient (Wildman–Crippen LogP) is -5.20. The zero-order chi connectivity index (χ0) is 68.8. The first-order valence-corrected chi connectivity index (χ1v) is 31.7. The van der Waals surface area contributed by atoms with Crippen LogP contribution in [0.3, 0.4) is 0 Å². The second-order valence-electron chi connectivity index (χ2n) is 23.3. The number of fused-ring (bicyclic) bond motifs is 3. The molecule has 3 aliphatic heterocycles. The predicted molar refractivity (Wildman–Crippen MR) is 333 cm³/mol. The van der Waals surface area contributed by atoms with Crippen LogP contribution in [0.2, 0.25) is 0 Å². The van der Waals surface area contributed by atoms with Crippen LogP contribution in [0, 0.1) is 5.92 Å². The second-order valence-corrected chi connectivity index (χ2v) is 24.7. The van der Waals surface area contributed by atoms with Crippen molar-refractivity contribution in [1.82, 2.24) is 46.6 Å². The van der Waals surface area contributed by atoms with Gasteiger partial charge >= 0.3 is 29.6 Å². The Hall–Kier alpha value is -7.23. The molecule has 14 atom stereocenters. The Kier molecular flexibility index (Phi) is 28.0. The minimum atomic E-state index is -2.54. The number of nitrogens with two attached hydrogens (primary N) is 1. The maximum atomic E-state index is 14.7. The molecule has 3 fully saturated rings. The maximum Gasteiger partial charge on any atom is 1.00 e. The number of aliphatic hydroxyl groups is 7. The molecule has 0 aliphatic carbocycles. The number of carbonyl (C=O) groups excluding carboxylic acids is 8. The van der Waals surface area contributed by atoms with E-state index >= 15 is 0 Å². The van der Waals surface area contributed by atoms with E-state index in [4.69, 9.17) is 19.4 Å². The van der Waals surface area contributed by atoms with Gasteiger partial charge in [-0.2, -0.15) is 0 Å². The number of primary amides is 1. The number of hydrogen-bond donors (Lipinski definition) is 14. The number of hydrogen-bond acceptors (Lipinski definition) is 26. The van der Waals surface area contributed by atoms with Crippen LogP contribution in [-0.2, 0) is 47.7 Å². The molecule has 0 radical (unpaired) electrons. The van der Waals surface area contributed by atoms with E-state index in [1.54, 1.807) is 25.3 Å². The summed E-state index contributed by atoms with van der Waals surface area (Å²) < 4.78 is 20.1. The van der Waals surface area contributed by atoms with E-state index < -0.39 is 183 Å². The number of rotatable bonds is 23. The number of benzene rings is 4. The minimum absolute atomic E-state index is 0. The Morgan fingerprint density at radius 1 is 0.760 bits per heavy atom. The average Bonchev–Trinajstić information content (AvgIpc) is 1.52. The number of β-amino-alcohol motifs (C(OH)–C–C–N with tert-alkyl or cyclic N) is 1. The molecule has 96 heavy (non-hydrogen) atoms. The molecular formula is C61H75N10NaO22S2. The van der Waals surface area contributed by atoms with Crippen LogP contribution >= 0.6 is 23.7 Å². The molecule has 5 aromatic rings. The molecule has 1 aromatic heterocycles. The van der Waals surface area contributed by atoms with Crippen molar-refractivity contribution in [2.75, 3.05) is 40.0 Å². The molecule has 3 saturated heterocycles. The van der Waals surface area contributed by atoms with Crippen molar-refractivity contribution in [1.29, 1.82) is 0 Å². The molecule has 14 unspecified atom stereocenters. The van der Waals surface area contributed by atoms with Crippen molar-refractivity contribution in [3.63, 3.8) is 0 Å². The Balaban J connectivity index is 0.0000130. The van der Waals surface area contributed by atoms with Crippen LogP contribution in [0.4, 0.5) is 0 Å². The third-order valence-electron chi connectivity index (χ3n) is 16.3. The van der Waals surface area contributed by atoms with Crippen LogP contribution in [0.1, 0.15) is 80.8 Å². The number of aliphatic hydroxyl groups excluding tert-OH is 7. The Morgan fingerprint density at radius 3 is 2.09 bits per heavy atom. The molecule has 8 amide bonds. The summed E-state index contributed by atoms with van der Waals surface area (Å²) in [5.74, 6) is -11.3. The largest absolute Gasteiger partial charge is 1.00 e. The molecule has 4 heterocycles. The van der Waals surface area contributed by atoms with Gasteiger partial charge in [-0.15, -0.1) is 14.5 Å². The number of amides is 8. The van der Waals surface area contributed by atoms with Crippen molar-refractivity contribution in [2.45, 2.75) is 138 Å². The fourth-order valence-electron chi connectivity index (χ4n) is 11.2. The summed E-state index contributed by atoms with van der Waals surface area (Å²) in [7, 11) is 1.69. The summed E-state index contributed by atoms with van der Waals surface area (Å²) in [6, 6.07) is 8.09. The third kappa shape index (κ3) is 19.3. The van der Waals surface area contributed by atoms with E-state index in [1.165, 1.54) is 30.4 Å². The molecule has 35 heteroatoms. The average molecular weight is 1390 g/mol. The van der Waals surface area contributed by atoms with Gasteiger partial charge in [-0.3, -0.25) is 43.4 Å². The van der Waals surface area contributed by atoms with E-state index in [0.29, 0.717) is 27.4 Å². The van der Waals surface area contributed by atoms with Gasteiger partial charge in [0.15, 0.2) is 11.5 Å². The number of nitrogens with one attached hydrogen (secondary N) is 5. The molecule has 8 rings (SSSR count). The van der Waals surface area contributed by atoms with Gasteiger partial charge in [-0.25, -0.2) is 0 Å². The van der Waals surface area contributed by atoms with Crippen molar-refractivity contribution < 1.29 is 137 Å². The number of aromatic hydroxyl groups is 1. The van der Waals surface area contributed by atoms with E-state index in [0.717, 1.165) is 84.1 Å². The van der Waals surface area contributed by atoms with Crippen LogP contribution in [-0.4, -0.2) is 221 Å². The minimum Gasteiger partial charge on any atom is -0.691 e. The van der Waals surface area contributed by atoms with E-state index in [9.17, 15) is 84.5 Å². The Bertz CT molecular complexity index is 3540. The zero-order valence-corrected chi connectivity index (χ0v) is 56.2. The van der Waals surface area contributed by atoms with Gasteiger partial charge in [-0.1, -0.05) is 48.9 Å². The van der Waals surface area contributed by atoms with Crippen LogP contribution in [0.25, 0.3) is 31.9 Å². The smallest absolute Gasteiger partial charge is 0.691 e. The first-order chi connectivity index (χ1) is 45.4. The number of aromatic nitrogens is 2. The number of ether oxygens (including phenoxy) is 2. The summed E-state index contributed by atoms with van der Waals surface area (Å²) in [5.41, 5.74) is 6.60. The molecule has 3 aliphatic rings. The van der Waals surface area contributed by atoms with Gasteiger partial charge in [-0.05, 0) is 97.1 Å². The van der Waals surface area contributed by atoms with Gasteiger partial charge in [0, 0.05) is 68.8 Å². The molecule has 4 aromatic carbocycles. The summed E-state index contributed by atoms with van der Waals surface area (Å²) in [5, 5.41) is 127. The van der Waals surface area contributed by atoms with Crippen LogP contribution in [0.5, 0.6) is 17.2 Å². The number of phenolic OH excluding ortho intramolecular Hbond substituents is 1. The molecular weight excluding hydrogens is 1310 g/mol. The Morgan fingerprint density at radius 2 is 1.41 bits per heavy atom. The summed E-state index contributed by atoms with van der Waals surface area (Å²) in [4.78, 5) is 116. The normalized spacial score (nSPS) is 24.4. The van der Waals surface area contributed by atoms with Crippen LogP contribution < -0.4 is 76.1 Å². The monoisotopic (exact) mass is 1390 g/mol. The van der Waals surface area contributed by atoms with Crippen molar-refractivity contribution >= 4 is 81.7 Å². The number of carbonyl (C=O) groups is 8. The molecule has 32 nitrogen and oxygen atoms in total. The second kappa shape index (κ2) is 35.3. The number of unbranched alkanes of at least 4 members (excludes halogenated alkanes) is 3. The fraction of sp³-hybridized carbons (Fsp3) is 0.475. The van der Waals surface area contributed by atoms with E-state index in [-0.39, 0.29) is 53.0 Å². The molecule has 514 valence electrons. The third-order valence-corrected chi connectivity index (χ3v) is 17.7. The van der Waals surface area contributed by atoms with E-state index in [2.05, 4.69) is 46.2 Å². The quantitative estimate of drug-likeness (QED) is 0.00956. The molecule has 0 saturated carbocycles. The molecule has 0 bridgehead atoms. The van der Waals surface area contributed by atoms with Gasteiger partial charge in [0.2, 0.25) is 41.4 Å². The Labute approximate surface area is 579 Å².